The van der Waals surface area contributed by atoms with Gasteiger partial charge < -0.3 is 24.6 Å². The minimum absolute atomic E-state index is 0.0116. The maximum atomic E-state index is 7.19. The molecule has 0 saturated heterocycles. The first-order valence-corrected chi connectivity index (χ1v) is 31.3. The van der Waals surface area contributed by atoms with Gasteiger partial charge in [0.05, 0.1) is 17.1 Å². The van der Waals surface area contributed by atoms with E-state index in [-0.39, 0.29) is 27.7 Å². The van der Waals surface area contributed by atoms with E-state index in [0.717, 1.165) is 119 Å². The molecular formula is C83H83N3O2. The summed E-state index contributed by atoms with van der Waals surface area (Å²) >= 11 is 0. The molecule has 5 heteroatoms. The molecule has 5 nitrogen and oxygen atoms in total. The van der Waals surface area contributed by atoms with Gasteiger partial charge in [-0.05, 0) is 193 Å². The summed E-state index contributed by atoms with van der Waals surface area (Å²) in [6.45, 7) is 29.3. The van der Waals surface area contributed by atoms with Crippen LogP contribution in [-0.2, 0) is 21.7 Å². The number of nitrogens with one attached hydrogen (secondary N) is 1. The molecule has 2 aliphatic rings. The largest absolute Gasteiger partial charge is 0.455 e. The predicted molar refractivity (Wildman–Crippen MR) is 374 cm³/mol. The third-order valence-electron chi connectivity index (χ3n) is 17.3. The zero-order valence-electron chi connectivity index (χ0n) is 53.6. The lowest BCUT2D eigenvalue weighted by atomic mass is 9.86. The maximum absolute atomic E-state index is 7.19. The highest BCUT2D eigenvalue weighted by molar-refractivity contribution is 5.91. The molecule has 0 radical (unpaired) electrons. The van der Waals surface area contributed by atoms with Gasteiger partial charge in [-0.3, -0.25) is 0 Å². The van der Waals surface area contributed by atoms with E-state index in [1.807, 2.05) is 0 Å². The maximum Gasteiger partial charge on any atom is 0.152 e. The van der Waals surface area contributed by atoms with Crippen LogP contribution in [0.5, 0.6) is 17.2 Å². The van der Waals surface area contributed by atoms with Gasteiger partial charge in [-0.15, -0.1) is 0 Å². The normalized spacial score (nSPS) is 15.6. The summed E-state index contributed by atoms with van der Waals surface area (Å²) in [5, 5.41) is 3.82. The van der Waals surface area contributed by atoms with Gasteiger partial charge in [0.25, 0.3) is 0 Å². The zero-order chi connectivity index (χ0) is 61.7. The summed E-state index contributed by atoms with van der Waals surface area (Å²) in [6.07, 6.45) is 5.39. The lowest BCUT2D eigenvalue weighted by molar-refractivity contribution is 0.477. The van der Waals surface area contributed by atoms with Crippen molar-refractivity contribution in [2.45, 2.75) is 124 Å². The molecule has 10 aromatic carbocycles. The van der Waals surface area contributed by atoms with E-state index >= 15 is 0 Å². The Bertz CT molecular complexity index is 4190. The molecule has 2 heterocycles. The Morgan fingerprint density at radius 2 is 0.750 bits per heavy atom. The van der Waals surface area contributed by atoms with Crippen molar-refractivity contribution in [3.63, 3.8) is 0 Å². The minimum Gasteiger partial charge on any atom is -0.455 e. The lowest BCUT2D eigenvalue weighted by Gasteiger charge is -2.34. The van der Waals surface area contributed by atoms with Crippen LogP contribution in [-0.4, -0.2) is 6.04 Å². The highest BCUT2D eigenvalue weighted by atomic mass is 16.5. The Morgan fingerprint density at radius 3 is 1.20 bits per heavy atom. The van der Waals surface area contributed by atoms with Crippen LogP contribution in [0.4, 0.5) is 39.8 Å². The summed E-state index contributed by atoms with van der Waals surface area (Å²) in [5.74, 6) is 3.20. The number of allylic oxidation sites excluding steroid dienone is 2. The molecule has 1 unspecified atom stereocenters. The SMILES string of the molecule is CC1C/C=C(c2ccc(N(c3ccccc3)c3ccc(-c4ccc5c(c4)Oc4cc(-c6ccc(C(C)(C)C)cc6)ccc4N5c4ccc(C(C)(C)C)cc4)cc3)cc2)\C=C(/c2ccc(C(C)(C)C)cc2)Oc2cc(-c3ccc(C(C)(C)C)cc3)ccc2N1. The number of ether oxygens (including phenoxy) is 2. The monoisotopic (exact) mass is 1150 g/mol. The van der Waals surface area contributed by atoms with Crippen molar-refractivity contribution < 1.29 is 9.47 Å². The molecule has 0 bridgehead atoms. The van der Waals surface area contributed by atoms with E-state index in [1.165, 1.54) is 22.3 Å². The second-order valence-electron chi connectivity index (χ2n) is 28.1. The second kappa shape index (κ2) is 23.4. The molecule has 0 aliphatic carbocycles. The van der Waals surface area contributed by atoms with E-state index in [4.69, 9.17) is 9.47 Å². The van der Waals surface area contributed by atoms with Crippen LogP contribution in [0.15, 0.2) is 243 Å². The fourth-order valence-corrected chi connectivity index (χ4v) is 11.9. The molecule has 0 spiro atoms. The van der Waals surface area contributed by atoms with Crippen molar-refractivity contribution in [1.82, 2.24) is 0 Å². The number of nitrogens with zero attached hydrogens (tertiary/aromatic N) is 2. The zero-order valence-corrected chi connectivity index (χ0v) is 53.6. The van der Waals surface area contributed by atoms with Crippen LogP contribution in [0.2, 0.25) is 0 Å². The Hall–Kier alpha value is -9.32. The third-order valence-corrected chi connectivity index (χ3v) is 17.3. The summed E-state index contributed by atoms with van der Waals surface area (Å²) in [5.41, 5.74) is 22.5. The Labute approximate surface area is 523 Å². The van der Waals surface area contributed by atoms with Gasteiger partial charge in [0.1, 0.15) is 5.76 Å². The molecule has 1 N–H and O–H groups in total. The van der Waals surface area contributed by atoms with Crippen LogP contribution >= 0.6 is 0 Å². The smallest absolute Gasteiger partial charge is 0.152 e. The minimum atomic E-state index is 0.0116. The third kappa shape index (κ3) is 12.6. The first kappa shape index (κ1) is 59.0. The molecule has 0 fully saturated rings. The second-order valence-corrected chi connectivity index (χ2v) is 28.1. The highest BCUT2D eigenvalue weighted by Gasteiger charge is 2.29. The Morgan fingerprint density at radius 1 is 0.375 bits per heavy atom. The molecular weight excluding hydrogens is 1070 g/mol. The fourth-order valence-electron chi connectivity index (χ4n) is 11.9. The van der Waals surface area contributed by atoms with E-state index in [9.17, 15) is 0 Å². The van der Waals surface area contributed by atoms with Gasteiger partial charge in [0, 0.05) is 34.4 Å². The van der Waals surface area contributed by atoms with Gasteiger partial charge in [-0.1, -0.05) is 235 Å². The van der Waals surface area contributed by atoms with Gasteiger partial charge in [-0.25, -0.2) is 0 Å². The van der Waals surface area contributed by atoms with Crippen molar-refractivity contribution >= 4 is 51.1 Å². The summed E-state index contributed by atoms with van der Waals surface area (Å²) in [6, 6.07) is 84.2. The van der Waals surface area contributed by atoms with Gasteiger partial charge in [0.2, 0.25) is 0 Å². The topological polar surface area (TPSA) is 37.0 Å². The number of rotatable bonds is 9. The van der Waals surface area contributed by atoms with Crippen LogP contribution in [0.1, 0.15) is 130 Å². The first-order chi connectivity index (χ1) is 42.0. The van der Waals surface area contributed by atoms with Gasteiger partial charge in [-0.2, -0.15) is 0 Å². The number of hydrogen-bond donors (Lipinski definition) is 1. The summed E-state index contributed by atoms with van der Waals surface area (Å²) < 4.78 is 14.2. The lowest BCUT2D eigenvalue weighted by Crippen LogP contribution is -2.17. The first-order valence-electron chi connectivity index (χ1n) is 31.3. The molecule has 88 heavy (non-hydrogen) atoms. The summed E-state index contributed by atoms with van der Waals surface area (Å²) in [4.78, 5) is 4.67. The molecule has 0 saturated carbocycles. The number of para-hydroxylation sites is 1. The molecule has 0 amide bonds. The quantitative estimate of drug-likeness (QED) is 0.156. The van der Waals surface area contributed by atoms with Gasteiger partial charge in [0.15, 0.2) is 17.2 Å². The highest BCUT2D eigenvalue weighted by Crippen LogP contribution is 2.53. The van der Waals surface area contributed by atoms with Crippen LogP contribution in [0.25, 0.3) is 44.7 Å². The molecule has 1 atom stereocenters. The fraction of sp³-hybridized carbons (Fsp3) is 0.229. The molecule has 2 aliphatic heterocycles. The van der Waals surface area contributed by atoms with Crippen LogP contribution in [0.3, 0.4) is 0 Å². The van der Waals surface area contributed by atoms with E-state index < -0.39 is 0 Å². The Balaban J connectivity index is 0.867. The standard InChI is InChI=1S/C83H83N3O2/c1-55-19-20-61(51-76(60-25-38-67(39-26-60)82(8,9)10)87-77-52-62(31-48-73(77)84-55)56-21-34-65(35-22-56)80(2,3)4)58-27-42-70(43-28-58)85(69-17-15-14-16-18-69)71-44-29-59(30-45-71)64-33-50-75-79(54-64)88-78-53-63(57-23-36-66(37-24-57)81(5,6)7)32-49-74(78)86(75)72-46-40-68(41-47-72)83(11,12)13/h14-18,20-55,84H,19H2,1-13H3/b61-20+,76-51+. The average Bonchev–Trinajstić information content (AvgIpc) is 1.27. The molecule has 0 aromatic heterocycles. The van der Waals surface area contributed by atoms with E-state index in [2.05, 4.69) is 348 Å². The van der Waals surface area contributed by atoms with Crippen LogP contribution in [0, 0.1) is 0 Å². The Kier molecular flexibility index (Phi) is 15.7. The van der Waals surface area contributed by atoms with Crippen molar-refractivity contribution in [1.29, 1.82) is 0 Å². The molecule has 442 valence electrons. The molecule has 12 rings (SSSR count). The summed E-state index contributed by atoms with van der Waals surface area (Å²) in [7, 11) is 0. The van der Waals surface area contributed by atoms with Crippen molar-refractivity contribution in [2.75, 3.05) is 15.1 Å². The number of hydrogen-bond acceptors (Lipinski definition) is 5. The van der Waals surface area contributed by atoms with Crippen LogP contribution < -0.4 is 24.6 Å². The van der Waals surface area contributed by atoms with Crippen molar-refractivity contribution in [3.05, 3.63) is 276 Å². The van der Waals surface area contributed by atoms with Crippen molar-refractivity contribution in [2.24, 2.45) is 0 Å². The molecule has 10 aromatic rings. The number of benzene rings is 10. The van der Waals surface area contributed by atoms with Gasteiger partial charge >= 0.3 is 0 Å². The predicted octanol–water partition coefficient (Wildman–Crippen LogP) is 23.6. The average molecular weight is 1150 g/mol. The van der Waals surface area contributed by atoms with E-state index in [0.29, 0.717) is 0 Å². The number of fused-ring (bicyclic) bond motifs is 3. The van der Waals surface area contributed by atoms with E-state index in [1.54, 1.807) is 0 Å². The van der Waals surface area contributed by atoms with Crippen molar-refractivity contribution in [3.8, 4) is 50.6 Å². The number of anilines is 7.